The number of nitrogens with zero attached hydrogens (tertiary/aromatic N) is 3. The van der Waals surface area contributed by atoms with Crippen LogP contribution in [0.25, 0.3) is 0 Å². The zero-order valence-corrected chi connectivity index (χ0v) is 14.0. The highest BCUT2D eigenvalue weighted by Crippen LogP contribution is 2.27. The number of halogens is 1. The highest BCUT2D eigenvalue weighted by molar-refractivity contribution is 5.48. The smallest absolute Gasteiger partial charge is 0.257 e. The Bertz CT molecular complexity index is 656. The van der Waals surface area contributed by atoms with E-state index in [0.717, 1.165) is 31.7 Å². The van der Waals surface area contributed by atoms with E-state index in [9.17, 15) is 4.39 Å². The predicted molar refractivity (Wildman–Crippen MR) is 90.1 cm³/mol. The second-order valence-corrected chi connectivity index (χ2v) is 6.11. The second kappa shape index (κ2) is 7.47. The van der Waals surface area contributed by atoms with Crippen molar-refractivity contribution in [1.29, 1.82) is 0 Å². The molecule has 1 aliphatic heterocycles. The van der Waals surface area contributed by atoms with Crippen LogP contribution in [0.5, 0.6) is 11.6 Å². The van der Waals surface area contributed by atoms with Crippen molar-refractivity contribution < 1.29 is 13.9 Å². The third kappa shape index (κ3) is 4.13. The molecular formula is C18H22FN3O2. The van der Waals surface area contributed by atoms with E-state index in [1.807, 2.05) is 13.8 Å². The maximum atomic E-state index is 12.9. The van der Waals surface area contributed by atoms with Crippen molar-refractivity contribution in [2.45, 2.75) is 38.9 Å². The Labute approximate surface area is 141 Å². The van der Waals surface area contributed by atoms with E-state index >= 15 is 0 Å². The van der Waals surface area contributed by atoms with Gasteiger partial charge < -0.3 is 14.4 Å². The van der Waals surface area contributed by atoms with Crippen LogP contribution in [0.3, 0.4) is 0 Å². The van der Waals surface area contributed by atoms with Gasteiger partial charge in [-0.15, -0.1) is 0 Å². The number of aromatic nitrogens is 2. The monoisotopic (exact) mass is 331 g/mol. The standard InChI is InChI=1S/C18H22FN3O2/c1-13(2)23-18-17(20-9-10-21-18)22-11-7-16(8-12-22)24-15-5-3-14(19)4-6-15/h3-6,9-10,13,16H,7-8,11-12H2,1-2H3. The molecule has 0 atom stereocenters. The maximum absolute atomic E-state index is 12.9. The average Bonchev–Trinajstić information content (AvgIpc) is 2.58. The molecule has 1 fully saturated rings. The fraction of sp³-hybridized carbons (Fsp3) is 0.444. The number of hydrogen-bond acceptors (Lipinski definition) is 5. The number of piperidine rings is 1. The molecule has 0 radical (unpaired) electrons. The van der Waals surface area contributed by atoms with E-state index in [-0.39, 0.29) is 18.0 Å². The second-order valence-electron chi connectivity index (χ2n) is 6.11. The van der Waals surface area contributed by atoms with Crippen molar-refractivity contribution in [3.8, 4) is 11.6 Å². The maximum Gasteiger partial charge on any atom is 0.257 e. The number of ether oxygens (including phenoxy) is 2. The van der Waals surface area contributed by atoms with Crippen molar-refractivity contribution in [3.05, 3.63) is 42.5 Å². The largest absolute Gasteiger partial charge is 0.490 e. The molecule has 1 aromatic carbocycles. The summed E-state index contributed by atoms with van der Waals surface area (Å²) in [5.74, 6) is 1.81. The van der Waals surface area contributed by atoms with Gasteiger partial charge in [-0.3, -0.25) is 0 Å². The Morgan fingerprint density at radius 1 is 1.08 bits per heavy atom. The first kappa shape index (κ1) is 16.5. The van der Waals surface area contributed by atoms with Crippen molar-refractivity contribution >= 4 is 5.82 Å². The van der Waals surface area contributed by atoms with Gasteiger partial charge in [0.05, 0.1) is 6.10 Å². The summed E-state index contributed by atoms with van der Waals surface area (Å²) < 4.78 is 24.6. The third-order valence-corrected chi connectivity index (χ3v) is 3.85. The van der Waals surface area contributed by atoms with Crippen LogP contribution in [0, 0.1) is 5.82 Å². The van der Waals surface area contributed by atoms with Crippen LogP contribution in [-0.2, 0) is 0 Å². The third-order valence-electron chi connectivity index (χ3n) is 3.85. The summed E-state index contributed by atoms with van der Waals surface area (Å²) in [7, 11) is 0. The first-order valence-corrected chi connectivity index (χ1v) is 8.26. The predicted octanol–water partition coefficient (Wildman–Crippen LogP) is 3.45. The summed E-state index contributed by atoms with van der Waals surface area (Å²) in [6.45, 7) is 5.58. The van der Waals surface area contributed by atoms with Gasteiger partial charge in [0.2, 0.25) is 0 Å². The van der Waals surface area contributed by atoms with Gasteiger partial charge in [0.1, 0.15) is 17.7 Å². The van der Waals surface area contributed by atoms with Crippen LogP contribution in [0.2, 0.25) is 0 Å². The van der Waals surface area contributed by atoms with E-state index in [1.54, 1.807) is 24.5 Å². The zero-order valence-electron chi connectivity index (χ0n) is 14.0. The molecule has 1 aliphatic rings. The zero-order chi connectivity index (χ0) is 16.9. The lowest BCUT2D eigenvalue weighted by Gasteiger charge is -2.33. The van der Waals surface area contributed by atoms with Gasteiger partial charge in [0.25, 0.3) is 5.88 Å². The van der Waals surface area contributed by atoms with Gasteiger partial charge in [0.15, 0.2) is 5.82 Å². The van der Waals surface area contributed by atoms with Gasteiger partial charge in [0, 0.05) is 38.3 Å². The van der Waals surface area contributed by atoms with Crippen LogP contribution >= 0.6 is 0 Å². The highest BCUT2D eigenvalue weighted by atomic mass is 19.1. The molecule has 1 aromatic heterocycles. The molecule has 2 aromatic rings. The quantitative estimate of drug-likeness (QED) is 0.840. The fourth-order valence-corrected chi connectivity index (χ4v) is 2.73. The van der Waals surface area contributed by atoms with E-state index < -0.39 is 0 Å². The number of anilines is 1. The summed E-state index contributed by atoms with van der Waals surface area (Å²) >= 11 is 0. The van der Waals surface area contributed by atoms with E-state index in [4.69, 9.17) is 9.47 Å². The van der Waals surface area contributed by atoms with Gasteiger partial charge in [-0.1, -0.05) is 0 Å². The van der Waals surface area contributed by atoms with Gasteiger partial charge in [-0.25, -0.2) is 14.4 Å². The molecule has 0 bridgehead atoms. The summed E-state index contributed by atoms with van der Waals surface area (Å²) in [5, 5.41) is 0. The lowest BCUT2D eigenvalue weighted by Crippen LogP contribution is -2.39. The van der Waals surface area contributed by atoms with Crippen LogP contribution < -0.4 is 14.4 Å². The first-order valence-electron chi connectivity index (χ1n) is 8.26. The highest BCUT2D eigenvalue weighted by Gasteiger charge is 2.24. The average molecular weight is 331 g/mol. The molecule has 0 aliphatic carbocycles. The molecule has 0 N–H and O–H groups in total. The summed E-state index contributed by atoms with van der Waals surface area (Å²) in [6, 6.07) is 6.16. The van der Waals surface area contributed by atoms with Gasteiger partial charge >= 0.3 is 0 Å². The molecular weight excluding hydrogens is 309 g/mol. The molecule has 3 rings (SSSR count). The number of hydrogen-bond donors (Lipinski definition) is 0. The van der Waals surface area contributed by atoms with E-state index in [1.165, 1.54) is 12.1 Å². The Morgan fingerprint density at radius 2 is 1.75 bits per heavy atom. The SMILES string of the molecule is CC(C)Oc1nccnc1N1CCC(Oc2ccc(F)cc2)CC1. The topological polar surface area (TPSA) is 47.5 Å². The number of benzene rings is 1. The minimum atomic E-state index is -0.252. The molecule has 0 spiro atoms. The van der Waals surface area contributed by atoms with Crippen LogP contribution in [0.4, 0.5) is 10.2 Å². The van der Waals surface area contributed by atoms with Crippen molar-refractivity contribution in [2.24, 2.45) is 0 Å². The Hall–Kier alpha value is -2.37. The van der Waals surface area contributed by atoms with Crippen LogP contribution in [-0.4, -0.2) is 35.3 Å². The molecule has 1 saturated heterocycles. The molecule has 2 heterocycles. The molecule has 0 unspecified atom stereocenters. The van der Waals surface area contributed by atoms with E-state index in [0.29, 0.717) is 11.6 Å². The Kier molecular flexibility index (Phi) is 5.13. The van der Waals surface area contributed by atoms with Crippen molar-refractivity contribution in [3.63, 3.8) is 0 Å². The summed E-state index contributed by atoms with van der Waals surface area (Å²) in [4.78, 5) is 10.9. The molecule has 0 amide bonds. The van der Waals surface area contributed by atoms with Crippen LogP contribution in [0.15, 0.2) is 36.7 Å². The molecule has 128 valence electrons. The summed E-state index contributed by atoms with van der Waals surface area (Å²) in [5.41, 5.74) is 0. The molecule has 5 nitrogen and oxygen atoms in total. The van der Waals surface area contributed by atoms with Gasteiger partial charge in [-0.2, -0.15) is 0 Å². The lowest BCUT2D eigenvalue weighted by molar-refractivity contribution is 0.169. The molecule has 24 heavy (non-hydrogen) atoms. The Balaban J connectivity index is 1.60. The minimum absolute atomic E-state index is 0.0554. The van der Waals surface area contributed by atoms with Crippen molar-refractivity contribution in [1.82, 2.24) is 9.97 Å². The minimum Gasteiger partial charge on any atom is -0.490 e. The van der Waals surface area contributed by atoms with Gasteiger partial charge in [-0.05, 0) is 38.1 Å². The number of rotatable bonds is 5. The van der Waals surface area contributed by atoms with Crippen LogP contribution in [0.1, 0.15) is 26.7 Å². The van der Waals surface area contributed by atoms with E-state index in [2.05, 4.69) is 14.9 Å². The molecule has 6 heteroatoms. The fourth-order valence-electron chi connectivity index (χ4n) is 2.73. The normalized spacial score (nSPS) is 15.6. The first-order chi connectivity index (χ1) is 11.6. The lowest BCUT2D eigenvalue weighted by atomic mass is 10.1. The molecule has 0 saturated carbocycles. The summed E-state index contributed by atoms with van der Waals surface area (Å²) in [6.07, 6.45) is 5.25. The Morgan fingerprint density at radius 3 is 2.42 bits per heavy atom. The van der Waals surface area contributed by atoms with Crippen molar-refractivity contribution in [2.75, 3.05) is 18.0 Å².